The van der Waals surface area contributed by atoms with E-state index in [-0.39, 0.29) is 11.4 Å². The van der Waals surface area contributed by atoms with Crippen molar-refractivity contribution in [3.05, 3.63) is 35.9 Å². The number of nitrogens with zero attached hydrogens (tertiary/aromatic N) is 1. The highest BCUT2D eigenvalue weighted by Gasteiger charge is 2.34. The van der Waals surface area contributed by atoms with Crippen LogP contribution in [0.2, 0.25) is 0 Å². The van der Waals surface area contributed by atoms with Crippen molar-refractivity contribution in [3.8, 4) is 0 Å². The van der Waals surface area contributed by atoms with Crippen molar-refractivity contribution in [2.75, 3.05) is 26.7 Å². The highest BCUT2D eigenvalue weighted by atomic mass is 16.1. The molecule has 4 nitrogen and oxygen atoms in total. The largest absolute Gasteiger partial charge is 0.370 e. The molecule has 1 saturated heterocycles. The second kappa shape index (κ2) is 6.86. The molecule has 1 heterocycles. The molecule has 1 amide bonds. The van der Waals surface area contributed by atoms with Crippen molar-refractivity contribution in [3.63, 3.8) is 0 Å². The van der Waals surface area contributed by atoms with Crippen LogP contribution < -0.4 is 11.1 Å². The third-order valence-corrected chi connectivity index (χ3v) is 4.42. The summed E-state index contributed by atoms with van der Waals surface area (Å²) in [6, 6.07) is 10.6. The van der Waals surface area contributed by atoms with Gasteiger partial charge in [-0.15, -0.1) is 0 Å². The molecular formula is C16H25N3O. The molecule has 0 radical (unpaired) electrons. The lowest BCUT2D eigenvalue weighted by Gasteiger charge is -2.41. The van der Waals surface area contributed by atoms with Gasteiger partial charge in [0, 0.05) is 18.5 Å². The minimum absolute atomic E-state index is 0.0882. The molecule has 0 aliphatic carbocycles. The van der Waals surface area contributed by atoms with Crippen molar-refractivity contribution >= 4 is 5.91 Å². The molecule has 3 N–H and O–H groups in total. The quantitative estimate of drug-likeness (QED) is 0.819. The fraction of sp³-hybridized carbons (Fsp3) is 0.562. The average molecular weight is 275 g/mol. The molecule has 110 valence electrons. The van der Waals surface area contributed by atoms with E-state index in [2.05, 4.69) is 40.5 Å². The number of rotatable bonds is 6. The van der Waals surface area contributed by atoms with Crippen molar-refractivity contribution < 1.29 is 4.79 Å². The van der Waals surface area contributed by atoms with Gasteiger partial charge in [-0.25, -0.2) is 0 Å². The van der Waals surface area contributed by atoms with Gasteiger partial charge >= 0.3 is 0 Å². The molecule has 0 unspecified atom stereocenters. The zero-order chi connectivity index (χ0) is 14.4. The summed E-state index contributed by atoms with van der Waals surface area (Å²) in [7, 11) is 1.93. The number of nitrogens with one attached hydrogen (secondary N) is 1. The maximum absolute atomic E-state index is 11.2. The molecule has 1 aliphatic heterocycles. The first-order chi connectivity index (χ1) is 9.63. The molecule has 0 atom stereocenters. The first kappa shape index (κ1) is 15.0. The number of primary amides is 1. The molecule has 0 bridgehead atoms. The molecular weight excluding hydrogens is 250 g/mol. The summed E-state index contributed by atoms with van der Waals surface area (Å²) in [6.07, 6.45) is 3.50. The van der Waals surface area contributed by atoms with E-state index in [1.54, 1.807) is 0 Å². The number of nitrogens with two attached hydrogens (primary N) is 1. The molecule has 4 heteroatoms. The molecule has 0 saturated carbocycles. The van der Waals surface area contributed by atoms with Crippen molar-refractivity contribution in [2.45, 2.75) is 31.2 Å². The van der Waals surface area contributed by atoms with E-state index >= 15 is 0 Å². The third kappa shape index (κ3) is 4.05. The standard InChI is InChI=1S/C16H25N3O/c1-18-16(13-15(17)20)8-11-19(12-9-16)10-7-14-5-3-2-4-6-14/h2-6,18H,7-13H2,1H3,(H2,17,20). The summed E-state index contributed by atoms with van der Waals surface area (Å²) in [6.45, 7) is 3.14. The number of hydrogen-bond acceptors (Lipinski definition) is 3. The Hall–Kier alpha value is -1.39. The Kier molecular flexibility index (Phi) is 5.15. The van der Waals surface area contributed by atoms with Crippen LogP contribution >= 0.6 is 0 Å². The molecule has 0 spiro atoms. The van der Waals surface area contributed by atoms with Gasteiger partial charge in [-0.1, -0.05) is 30.3 Å². The predicted octanol–water partition coefficient (Wildman–Crippen LogP) is 1.16. The summed E-state index contributed by atoms with van der Waals surface area (Å²) in [5.41, 5.74) is 6.66. The van der Waals surface area contributed by atoms with Crippen molar-refractivity contribution in [1.82, 2.24) is 10.2 Å². The Morgan fingerprint density at radius 3 is 2.50 bits per heavy atom. The van der Waals surface area contributed by atoms with E-state index in [4.69, 9.17) is 5.73 Å². The van der Waals surface area contributed by atoms with Crippen LogP contribution in [-0.4, -0.2) is 43.0 Å². The van der Waals surface area contributed by atoms with Gasteiger partial charge in [-0.05, 0) is 45.0 Å². The Bertz CT molecular complexity index is 425. The topological polar surface area (TPSA) is 58.4 Å². The number of benzene rings is 1. The smallest absolute Gasteiger partial charge is 0.219 e. The van der Waals surface area contributed by atoms with Crippen LogP contribution in [0.4, 0.5) is 0 Å². The number of hydrogen-bond donors (Lipinski definition) is 2. The summed E-state index contributed by atoms with van der Waals surface area (Å²) in [5, 5.41) is 3.32. The zero-order valence-electron chi connectivity index (χ0n) is 12.3. The third-order valence-electron chi connectivity index (χ3n) is 4.42. The number of amides is 1. The second-order valence-corrected chi connectivity index (χ2v) is 5.75. The van der Waals surface area contributed by atoms with E-state index in [0.29, 0.717) is 6.42 Å². The van der Waals surface area contributed by atoms with Gasteiger partial charge in [0.15, 0.2) is 0 Å². The van der Waals surface area contributed by atoms with Crippen LogP contribution in [0.15, 0.2) is 30.3 Å². The van der Waals surface area contributed by atoms with Crippen LogP contribution in [0.3, 0.4) is 0 Å². The van der Waals surface area contributed by atoms with Crippen LogP contribution in [0.5, 0.6) is 0 Å². The van der Waals surface area contributed by atoms with Gasteiger partial charge in [-0.2, -0.15) is 0 Å². The van der Waals surface area contributed by atoms with E-state index < -0.39 is 0 Å². The zero-order valence-corrected chi connectivity index (χ0v) is 12.3. The lowest BCUT2D eigenvalue weighted by Crippen LogP contribution is -2.54. The van der Waals surface area contributed by atoms with Crippen molar-refractivity contribution in [2.24, 2.45) is 5.73 Å². The van der Waals surface area contributed by atoms with Crippen LogP contribution in [0.25, 0.3) is 0 Å². The van der Waals surface area contributed by atoms with E-state index in [1.165, 1.54) is 5.56 Å². The first-order valence-electron chi connectivity index (χ1n) is 7.37. The number of carbonyl (C=O) groups is 1. The Morgan fingerprint density at radius 1 is 1.30 bits per heavy atom. The Labute approximate surface area is 121 Å². The maximum atomic E-state index is 11.2. The summed E-state index contributed by atoms with van der Waals surface area (Å²) in [4.78, 5) is 13.7. The van der Waals surface area contributed by atoms with Gasteiger partial charge in [0.2, 0.25) is 5.91 Å². The van der Waals surface area contributed by atoms with E-state index in [1.807, 2.05) is 7.05 Å². The van der Waals surface area contributed by atoms with Gasteiger partial charge in [0.25, 0.3) is 0 Å². The molecule has 2 rings (SSSR count). The lowest BCUT2D eigenvalue weighted by atomic mass is 9.84. The molecule has 20 heavy (non-hydrogen) atoms. The SMILES string of the molecule is CNC1(CC(N)=O)CCN(CCc2ccccc2)CC1. The summed E-state index contributed by atoms with van der Waals surface area (Å²) in [5.74, 6) is -0.211. The number of piperidine rings is 1. The monoisotopic (exact) mass is 275 g/mol. The van der Waals surface area contributed by atoms with Crippen LogP contribution in [0.1, 0.15) is 24.8 Å². The Balaban J connectivity index is 1.80. The van der Waals surface area contributed by atoms with Crippen molar-refractivity contribution in [1.29, 1.82) is 0 Å². The summed E-state index contributed by atoms with van der Waals surface area (Å²) < 4.78 is 0. The minimum Gasteiger partial charge on any atom is -0.370 e. The molecule has 1 aliphatic rings. The van der Waals surface area contributed by atoms with Gasteiger partial charge in [-0.3, -0.25) is 4.79 Å². The first-order valence-corrected chi connectivity index (χ1v) is 7.37. The molecule has 0 aromatic heterocycles. The second-order valence-electron chi connectivity index (χ2n) is 5.75. The highest BCUT2D eigenvalue weighted by molar-refractivity contribution is 5.75. The predicted molar refractivity (Wildman–Crippen MR) is 81.4 cm³/mol. The van der Waals surface area contributed by atoms with Crippen LogP contribution in [0, 0.1) is 0 Å². The van der Waals surface area contributed by atoms with Gasteiger partial charge < -0.3 is 16.0 Å². The molecule has 1 fully saturated rings. The van der Waals surface area contributed by atoms with E-state index in [9.17, 15) is 4.79 Å². The minimum atomic E-state index is -0.211. The fourth-order valence-corrected chi connectivity index (χ4v) is 2.99. The lowest BCUT2D eigenvalue weighted by molar-refractivity contribution is -0.119. The normalized spacial score (nSPS) is 18.9. The number of carbonyl (C=O) groups excluding carboxylic acids is 1. The highest BCUT2D eigenvalue weighted by Crippen LogP contribution is 2.25. The molecule has 1 aromatic carbocycles. The van der Waals surface area contributed by atoms with Gasteiger partial charge in [0.05, 0.1) is 0 Å². The Morgan fingerprint density at radius 2 is 1.95 bits per heavy atom. The van der Waals surface area contributed by atoms with Crippen LogP contribution in [-0.2, 0) is 11.2 Å². The van der Waals surface area contributed by atoms with E-state index in [0.717, 1.165) is 38.9 Å². The maximum Gasteiger partial charge on any atom is 0.219 e. The summed E-state index contributed by atoms with van der Waals surface area (Å²) >= 11 is 0. The average Bonchev–Trinajstić information content (AvgIpc) is 2.47. The number of likely N-dealkylation sites (tertiary alicyclic amines) is 1. The molecule has 1 aromatic rings. The fourth-order valence-electron chi connectivity index (χ4n) is 2.99. The van der Waals surface area contributed by atoms with Gasteiger partial charge in [0.1, 0.15) is 0 Å².